The fourth-order valence-electron chi connectivity index (χ4n) is 2.11. The van der Waals surface area contributed by atoms with Crippen molar-refractivity contribution in [2.45, 2.75) is 13.5 Å². The topological polar surface area (TPSA) is 96.1 Å². The average Bonchev–Trinajstić information content (AvgIpc) is 2.57. The fourth-order valence-corrected chi connectivity index (χ4v) is 2.11. The lowest BCUT2D eigenvalue weighted by atomic mass is 10.2. The molecule has 0 bridgehead atoms. The molecule has 0 atom stereocenters. The third kappa shape index (κ3) is 4.19. The second kappa shape index (κ2) is 7.91. The zero-order valence-electron chi connectivity index (χ0n) is 13.6. The molecule has 0 aliphatic carbocycles. The fraction of sp³-hybridized carbons (Fsp3) is 0.250. The zero-order chi connectivity index (χ0) is 17.5. The summed E-state index contributed by atoms with van der Waals surface area (Å²) in [7, 11) is 3.11. The molecule has 8 heteroatoms. The molecule has 0 aliphatic rings. The first-order chi connectivity index (χ1) is 11.5. The third-order valence-electron chi connectivity index (χ3n) is 3.17. The summed E-state index contributed by atoms with van der Waals surface area (Å²) in [5.74, 6) is 1.24. The van der Waals surface area contributed by atoms with Gasteiger partial charge >= 0.3 is 0 Å². The van der Waals surface area contributed by atoms with Gasteiger partial charge in [0.1, 0.15) is 18.1 Å². The van der Waals surface area contributed by atoms with Crippen LogP contribution in [0.25, 0.3) is 0 Å². The number of nitro groups is 1. The van der Waals surface area contributed by atoms with Crippen LogP contribution in [0.1, 0.15) is 17.0 Å². The molecule has 1 heterocycles. The minimum absolute atomic E-state index is 0.0460. The maximum Gasteiger partial charge on any atom is 0.273 e. The van der Waals surface area contributed by atoms with E-state index >= 15 is 0 Å². The molecule has 24 heavy (non-hydrogen) atoms. The predicted molar refractivity (Wildman–Crippen MR) is 87.6 cm³/mol. The number of aryl methyl sites for hydroxylation is 1. The number of aromatic nitrogens is 1. The molecule has 0 spiro atoms. The zero-order valence-corrected chi connectivity index (χ0v) is 13.6. The summed E-state index contributed by atoms with van der Waals surface area (Å²) in [5, 5.41) is 14.6. The van der Waals surface area contributed by atoms with Crippen LogP contribution in [-0.2, 0) is 11.4 Å². The van der Waals surface area contributed by atoms with E-state index in [0.717, 1.165) is 0 Å². The van der Waals surface area contributed by atoms with E-state index in [0.29, 0.717) is 28.5 Å². The minimum Gasteiger partial charge on any atom is -0.496 e. The van der Waals surface area contributed by atoms with Crippen molar-refractivity contribution < 1.29 is 19.2 Å². The van der Waals surface area contributed by atoms with E-state index in [-0.39, 0.29) is 12.3 Å². The summed E-state index contributed by atoms with van der Waals surface area (Å²) in [4.78, 5) is 19.7. The highest BCUT2D eigenvalue weighted by molar-refractivity contribution is 5.77. The first-order valence-corrected chi connectivity index (χ1v) is 7.03. The second-order valence-electron chi connectivity index (χ2n) is 4.80. The summed E-state index contributed by atoms with van der Waals surface area (Å²) < 4.78 is 10.5. The highest BCUT2D eigenvalue weighted by Gasteiger charge is 2.10. The van der Waals surface area contributed by atoms with Gasteiger partial charge in [-0.05, 0) is 19.1 Å². The molecule has 0 radical (unpaired) electrons. The van der Waals surface area contributed by atoms with Gasteiger partial charge in [0, 0.05) is 17.8 Å². The lowest BCUT2D eigenvalue weighted by Gasteiger charge is -2.11. The van der Waals surface area contributed by atoms with Crippen molar-refractivity contribution in [3.63, 3.8) is 0 Å². The quantitative estimate of drug-likeness (QED) is 0.440. The van der Waals surface area contributed by atoms with Crippen LogP contribution < -0.4 is 9.47 Å². The van der Waals surface area contributed by atoms with Crippen LogP contribution in [0.2, 0.25) is 0 Å². The van der Waals surface area contributed by atoms with Crippen LogP contribution >= 0.6 is 0 Å². The second-order valence-corrected chi connectivity index (χ2v) is 4.80. The molecular formula is C16H17N3O5. The third-order valence-corrected chi connectivity index (χ3v) is 3.17. The number of benzene rings is 1. The largest absolute Gasteiger partial charge is 0.496 e. The van der Waals surface area contributed by atoms with Crippen molar-refractivity contribution >= 4 is 11.9 Å². The van der Waals surface area contributed by atoms with Gasteiger partial charge in [0.05, 0.1) is 36.6 Å². The number of methoxy groups -OCH3 is 2. The Kier molecular flexibility index (Phi) is 5.67. The summed E-state index contributed by atoms with van der Waals surface area (Å²) in [6, 6.07) is 8.09. The Labute approximate surface area is 138 Å². The molecule has 8 nitrogen and oxygen atoms in total. The van der Waals surface area contributed by atoms with Gasteiger partial charge in [0.15, 0.2) is 0 Å². The van der Waals surface area contributed by atoms with E-state index in [9.17, 15) is 10.1 Å². The molecule has 0 amide bonds. The Morgan fingerprint density at radius 1 is 1.25 bits per heavy atom. The van der Waals surface area contributed by atoms with Gasteiger partial charge in [0.2, 0.25) is 0 Å². The average molecular weight is 331 g/mol. The van der Waals surface area contributed by atoms with Crippen LogP contribution in [0.5, 0.6) is 11.5 Å². The Hall–Kier alpha value is -3.16. The van der Waals surface area contributed by atoms with Crippen LogP contribution in [-0.4, -0.2) is 30.3 Å². The molecule has 2 aromatic rings. The van der Waals surface area contributed by atoms with Crippen molar-refractivity contribution in [1.82, 2.24) is 4.98 Å². The normalized spacial score (nSPS) is 10.6. The highest BCUT2D eigenvalue weighted by Crippen LogP contribution is 2.28. The Bertz CT molecular complexity index is 739. The van der Waals surface area contributed by atoms with Gasteiger partial charge in [-0.25, -0.2) is 0 Å². The number of oxime groups is 1. The van der Waals surface area contributed by atoms with Crippen molar-refractivity contribution in [1.29, 1.82) is 0 Å². The Morgan fingerprint density at radius 2 is 1.92 bits per heavy atom. The van der Waals surface area contributed by atoms with E-state index in [1.807, 2.05) is 0 Å². The summed E-state index contributed by atoms with van der Waals surface area (Å²) in [5.41, 5.74) is 1.53. The predicted octanol–water partition coefficient (Wildman–Crippen LogP) is 2.87. The summed E-state index contributed by atoms with van der Waals surface area (Å²) in [6.07, 6.45) is 1.32. The number of nitrogens with zero attached hydrogens (tertiary/aromatic N) is 3. The maximum absolute atomic E-state index is 10.8. The van der Waals surface area contributed by atoms with Gasteiger partial charge < -0.3 is 14.3 Å². The molecule has 0 saturated heterocycles. The monoisotopic (exact) mass is 331 g/mol. The molecule has 2 rings (SSSR count). The molecular weight excluding hydrogens is 314 g/mol. The number of hydrogen-bond donors (Lipinski definition) is 0. The lowest BCUT2D eigenvalue weighted by molar-refractivity contribution is -0.385. The summed E-state index contributed by atoms with van der Waals surface area (Å²) in [6.45, 7) is 1.79. The van der Waals surface area contributed by atoms with E-state index in [1.54, 1.807) is 39.3 Å². The molecule has 0 fully saturated rings. The Balaban J connectivity index is 2.10. The number of ether oxygens (including phenoxy) is 2. The number of hydrogen-bond acceptors (Lipinski definition) is 7. The van der Waals surface area contributed by atoms with Crippen LogP contribution in [0.4, 0.5) is 5.69 Å². The van der Waals surface area contributed by atoms with Crippen molar-refractivity contribution in [3.05, 3.63) is 57.4 Å². The highest BCUT2D eigenvalue weighted by atomic mass is 16.6. The number of rotatable bonds is 7. The summed E-state index contributed by atoms with van der Waals surface area (Å²) >= 11 is 0. The van der Waals surface area contributed by atoms with E-state index in [1.165, 1.54) is 18.3 Å². The van der Waals surface area contributed by atoms with Gasteiger partial charge in [-0.2, -0.15) is 0 Å². The van der Waals surface area contributed by atoms with E-state index in [2.05, 4.69) is 10.1 Å². The van der Waals surface area contributed by atoms with E-state index in [4.69, 9.17) is 14.3 Å². The van der Waals surface area contributed by atoms with Crippen LogP contribution in [0.15, 0.2) is 35.5 Å². The van der Waals surface area contributed by atoms with Gasteiger partial charge in [-0.15, -0.1) is 0 Å². The first kappa shape index (κ1) is 17.2. The molecule has 0 aliphatic heterocycles. The first-order valence-electron chi connectivity index (χ1n) is 7.03. The maximum atomic E-state index is 10.8. The molecule has 1 aromatic heterocycles. The molecule has 1 aromatic carbocycles. The molecule has 0 N–H and O–H groups in total. The number of pyridine rings is 1. The van der Waals surface area contributed by atoms with Crippen molar-refractivity contribution in [3.8, 4) is 11.5 Å². The van der Waals surface area contributed by atoms with Crippen molar-refractivity contribution in [2.75, 3.05) is 14.2 Å². The van der Waals surface area contributed by atoms with Crippen molar-refractivity contribution in [2.24, 2.45) is 5.16 Å². The Morgan fingerprint density at radius 3 is 2.50 bits per heavy atom. The SMILES string of the molecule is COc1cccc(OC)c1CON=Cc1cc([N+](=O)[O-])cc(C)n1. The van der Waals surface area contributed by atoms with Gasteiger partial charge in [-0.1, -0.05) is 11.2 Å². The van der Waals surface area contributed by atoms with Crippen LogP contribution in [0, 0.1) is 17.0 Å². The van der Waals surface area contributed by atoms with E-state index < -0.39 is 4.92 Å². The van der Waals surface area contributed by atoms with Gasteiger partial charge in [0.25, 0.3) is 5.69 Å². The lowest BCUT2D eigenvalue weighted by Crippen LogP contribution is -1.99. The smallest absolute Gasteiger partial charge is 0.273 e. The minimum atomic E-state index is -0.480. The molecule has 0 saturated carbocycles. The molecule has 0 unspecified atom stereocenters. The van der Waals surface area contributed by atoms with Crippen LogP contribution in [0.3, 0.4) is 0 Å². The van der Waals surface area contributed by atoms with Gasteiger partial charge in [-0.3, -0.25) is 15.1 Å². The molecule has 126 valence electrons. The standard InChI is InChI=1S/C16H17N3O5/c1-11-7-13(19(20)21)8-12(18-11)9-17-24-10-14-15(22-2)5-4-6-16(14)23-3/h4-9H,10H2,1-3H3.